The van der Waals surface area contributed by atoms with Crippen molar-refractivity contribution in [3.8, 4) is 0 Å². The fourth-order valence-electron chi connectivity index (χ4n) is 10.3. The monoisotopic (exact) mass is 384 g/mol. The van der Waals surface area contributed by atoms with E-state index >= 15 is 0 Å². The molecule has 5 saturated carbocycles. The van der Waals surface area contributed by atoms with Crippen molar-refractivity contribution in [1.29, 1.82) is 0 Å². The maximum atomic E-state index is 12.6. The number of Topliss-reactive ketones (excluding diaryl/α,β-unsaturated/α-hetero) is 1. The molecule has 0 N–H and O–H groups in total. The van der Waals surface area contributed by atoms with Crippen LogP contribution >= 0.6 is 0 Å². The van der Waals surface area contributed by atoms with Gasteiger partial charge in [0, 0.05) is 12.3 Å². The van der Waals surface area contributed by atoms with Gasteiger partial charge in [0.2, 0.25) is 0 Å². The molecular weight excluding hydrogens is 340 g/mol. The van der Waals surface area contributed by atoms with Gasteiger partial charge in [-0.15, -0.1) is 0 Å². The molecule has 0 aromatic carbocycles. The Balaban J connectivity index is 1.32. The van der Waals surface area contributed by atoms with Crippen LogP contribution < -0.4 is 0 Å². The summed E-state index contributed by atoms with van der Waals surface area (Å²) in [5, 5.41) is 0. The summed E-state index contributed by atoms with van der Waals surface area (Å²) in [5.41, 5.74) is 1.45. The lowest BCUT2D eigenvalue weighted by molar-refractivity contribution is -0.121. The Morgan fingerprint density at radius 3 is 2.46 bits per heavy atom. The van der Waals surface area contributed by atoms with Crippen LogP contribution in [0.1, 0.15) is 105 Å². The Labute approximate surface area is 173 Å². The van der Waals surface area contributed by atoms with Gasteiger partial charge in [0.05, 0.1) is 0 Å². The Morgan fingerprint density at radius 1 is 0.929 bits per heavy atom. The van der Waals surface area contributed by atoms with Gasteiger partial charge in [-0.2, -0.15) is 0 Å². The zero-order valence-electron chi connectivity index (χ0n) is 19.2. The molecule has 1 nitrogen and oxygen atoms in total. The van der Waals surface area contributed by atoms with E-state index in [1.807, 2.05) is 0 Å². The maximum Gasteiger partial charge on any atom is 0.137 e. The number of ketones is 1. The first-order chi connectivity index (χ1) is 13.3. The molecule has 28 heavy (non-hydrogen) atoms. The molecule has 158 valence electrons. The minimum atomic E-state index is 0.396. The summed E-state index contributed by atoms with van der Waals surface area (Å²) in [5.74, 6) is 6.56. The summed E-state index contributed by atoms with van der Waals surface area (Å²) < 4.78 is 0. The molecule has 5 aliphatic rings. The van der Waals surface area contributed by atoms with Gasteiger partial charge >= 0.3 is 0 Å². The molecule has 0 amide bonds. The van der Waals surface area contributed by atoms with Crippen molar-refractivity contribution in [2.75, 3.05) is 0 Å². The summed E-state index contributed by atoms with van der Waals surface area (Å²) in [7, 11) is 0. The highest BCUT2D eigenvalue weighted by Gasteiger charge is 2.82. The second-order valence-electron chi connectivity index (χ2n) is 12.8. The highest BCUT2D eigenvalue weighted by Crippen LogP contribution is 2.85. The molecule has 0 unspecified atom stereocenters. The average Bonchev–Trinajstić information content (AvgIpc) is 2.87. The van der Waals surface area contributed by atoms with E-state index in [-0.39, 0.29) is 0 Å². The van der Waals surface area contributed by atoms with Crippen molar-refractivity contribution < 1.29 is 4.79 Å². The van der Waals surface area contributed by atoms with E-state index in [0.717, 1.165) is 41.9 Å². The van der Waals surface area contributed by atoms with Crippen LogP contribution in [0.2, 0.25) is 0 Å². The SMILES string of the molecule is CC(C)CCC[C@@H](C)[C@H]1CC[C@H]2[C@@H]3CC[C@]45CCC(=O)[C@H]4[C@]5(C)[C@H]3CC[C@]12C. The van der Waals surface area contributed by atoms with Gasteiger partial charge in [-0.25, -0.2) is 0 Å². The predicted octanol–water partition coefficient (Wildman–Crippen LogP) is 7.29. The fourth-order valence-corrected chi connectivity index (χ4v) is 10.3. The summed E-state index contributed by atoms with van der Waals surface area (Å²) >= 11 is 0. The largest absolute Gasteiger partial charge is 0.299 e. The Bertz CT molecular complexity index is 651. The number of hydrogen-bond acceptors (Lipinski definition) is 1. The lowest BCUT2D eigenvalue weighted by Crippen LogP contribution is -2.48. The highest BCUT2D eigenvalue weighted by atomic mass is 16.1. The first-order valence-electron chi connectivity index (χ1n) is 12.8. The Hall–Kier alpha value is -0.330. The van der Waals surface area contributed by atoms with E-state index in [1.54, 1.807) is 0 Å². The summed E-state index contributed by atoms with van der Waals surface area (Å²) in [6.07, 6.45) is 15.1. The number of carbonyl (C=O) groups is 1. The van der Waals surface area contributed by atoms with E-state index in [0.29, 0.717) is 27.9 Å². The van der Waals surface area contributed by atoms with Crippen LogP contribution in [-0.2, 0) is 4.79 Å². The van der Waals surface area contributed by atoms with Gasteiger partial charge in [0.15, 0.2) is 0 Å². The van der Waals surface area contributed by atoms with E-state index in [2.05, 4.69) is 34.6 Å². The second kappa shape index (κ2) is 6.34. The molecule has 0 aliphatic heterocycles. The van der Waals surface area contributed by atoms with Crippen molar-refractivity contribution in [1.82, 2.24) is 0 Å². The Morgan fingerprint density at radius 2 is 1.71 bits per heavy atom. The molecule has 0 aromatic rings. The summed E-state index contributed by atoms with van der Waals surface area (Å²) in [6.45, 7) is 12.6. The number of hydrogen-bond donors (Lipinski definition) is 0. The van der Waals surface area contributed by atoms with Crippen LogP contribution in [0.15, 0.2) is 0 Å². The molecular formula is C27H44O. The molecule has 9 atom stereocenters. The molecule has 0 radical (unpaired) electrons. The van der Waals surface area contributed by atoms with E-state index in [9.17, 15) is 4.79 Å². The summed E-state index contributed by atoms with van der Waals surface area (Å²) in [4.78, 5) is 12.6. The van der Waals surface area contributed by atoms with Crippen LogP contribution in [0.25, 0.3) is 0 Å². The Kier molecular flexibility index (Phi) is 4.44. The van der Waals surface area contributed by atoms with Gasteiger partial charge in [0.1, 0.15) is 5.78 Å². The van der Waals surface area contributed by atoms with Gasteiger partial charge in [-0.05, 0) is 96.7 Å². The van der Waals surface area contributed by atoms with Crippen LogP contribution in [0.5, 0.6) is 0 Å². The lowest BCUT2D eigenvalue weighted by atomic mass is 9.50. The van der Waals surface area contributed by atoms with Crippen molar-refractivity contribution in [3.05, 3.63) is 0 Å². The molecule has 1 heteroatoms. The predicted molar refractivity (Wildman–Crippen MR) is 116 cm³/mol. The molecule has 0 heterocycles. The number of carbonyl (C=O) groups excluding carboxylic acids is 1. The zero-order chi connectivity index (χ0) is 19.9. The quantitative estimate of drug-likeness (QED) is 0.486. The van der Waals surface area contributed by atoms with Crippen LogP contribution in [0.4, 0.5) is 0 Å². The maximum absolute atomic E-state index is 12.6. The van der Waals surface area contributed by atoms with E-state index in [1.165, 1.54) is 64.2 Å². The van der Waals surface area contributed by atoms with Gasteiger partial charge < -0.3 is 0 Å². The molecule has 5 fully saturated rings. The van der Waals surface area contributed by atoms with Gasteiger partial charge in [-0.3, -0.25) is 4.79 Å². The van der Waals surface area contributed by atoms with Crippen LogP contribution in [0, 0.1) is 57.7 Å². The molecule has 0 saturated heterocycles. The van der Waals surface area contributed by atoms with Crippen molar-refractivity contribution >= 4 is 5.78 Å². The van der Waals surface area contributed by atoms with Gasteiger partial charge in [-0.1, -0.05) is 53.9 Å². The van der Waals surface area contributed by atoms with Crippen LogP contribution in [-0.4, -0.2) is 5.78 Å². The zero-order valence-corrected chi connectivity index (χ0v) is 19.2. The van der Waals surface area contributed by atoms with E-state index in [4.69, 9.17) is 0 Å². The van der Waals surface area contributed by atoms with Crippen molar-refractivity contribution in [2.24, 2.45) is 57.7 Å². The minimum absolute atomic E-state index is 0.396. The van der Waals surface area contributed by atoms with Crippen LogP contribution in [0.3, 0.4) is 0 Å². The lowest BCUT2D eigenvalue weighted by Gasteiger charge is -2.55. The van der Waals surface area contributed by atoms with Gasteiger partial charge in [0.25, 0.3) is 0 Å². The third-order valence-electron chi connectivity index (χ3n) is 11.6. The molecule has 5 rings (SSSR count). The molecule has 1 spiro atoms. The highest BCUT2D eigenvalue weighted by molar-refractivity contribution is 5.90. The third kappa shape index (κ3) is 2.34. The summed E-state index contributed by atoms with van der Waals surface area (Å²) in [6, 6.07) is 0. The first-order valence-corrected chi connectivity index (χ1v) is 12.8. The third-order valence-corrected chi connectivity index (χ3v) is 11.6. The molecule has 0 aromatic heterocycles. The van der Waals surface area contributed by atoms with E-state index < -0.39 is 0 Å². The number of rotatable bonds is 5. The smallest absolute Gasteiger partial charge is 0.137 e. The fraction of sp³-hybridized carbons (Fsp3) is 0.963. The second-order valence-corrected chi connectivity index (χ2v) is 12.8. The van der Waals surface area contributed by atoms with Crippen molar-refractivity contribution in [3.63, 3.8) is 0 Å². The molecule has 0 bridgehead atoms. The number of fused-ring (bicyclic) bond motifs is 5. The first kappa shape index (κ1) is 19.6. The minimum Gasteiger partial charge on any atom is -0.299 e. The topological polar surface area (TPSA) is 17.1 Å². The van der Waals surface area contributed by atoms with Crippen molar-refractivity contribution in [2.45, 2.75) is 105 Å². The molecule has 5 aliphatic carbocycles. The standard InChI is InChI=1S/C27H44O/c1-17(2)7-6-8-18(3)20-9-10-21-19-11-15-27-16-13-23(28)24(27)26(27,5)22(19)12-14-25(20,21)4/h17-22,24H,6-16H2,1-5H3/t18-,19+,20-,21+,22+,24+,25-,26+,27+/m1/s1. The average molecular weight is 385 g/mol. The normalized spacial score (nSPS) is 52.8.